The molecule has 1 unspecified atom stereocenters. The van der Waals surface area contributed by atoms with E-state index in [4.69, 9.17) is 9.84 Å². The van der Waals surface area contributed by atoms with Gasteiger partial charge in [0, 0.05) is 5.92 Å². The number of hydrogen-bond donors (Lipinski definition) is 1. The first-order chi connectivity index (χ1) is 6.68. The van der Waals surface area contributed by atoms with Crippen LogP contribution in [0.25, 0.3) is 0 Å². The number of carboxylic acid groups (broad SMARTS) is 1. The van der Waals surface area contributed by atoms with Gasteiger partial charge in [-0.05, 0) is 25.0 Å². The summed E-state index contributed by atoms with van der Waals surface area (Å²) >= 11 is 0. The van der Waals surface area contributed by atoms with Gasteiger partial charge in [-0.2, -0.15) is 0 Å². The summed E-state index contributed by atoms with van der Waals surface area (Å²) in [4.78, 5) is 10.1. The van der Waals surface area contributed by atoms with E-state index in [0.717, 1.165) is 0 Å². The predicted molar refractivity (Wildman–Crippen MR) is 51.9 cm³/mol. The number of hydrogen-bond acceptors (Lipinski definition) is 2. The summed E-state index contributed by atoms with van der Waals surface area (Å²) in [5.74, 6) is 4.00. The van der Waals surface area contributed by atoms with Gasteiger partial charge in [0.15, 0.2) is 6.10 Å². The third-order valence-corrected chi connectivity index (χ3v) is 1.44. The van der Waals surface area contributed by atoms with E-state index in [9.17, 15) is 4.79 Å². The van der Waals surface area contributed by atoms with Gasteiger partial charge in [-0.3, -0.25) is 0 Å². The van der Waals surface area contributed by atoms with Gasteiger partial charge < -0.3 is 9.84 Å². The first kappa shape index (κ1) is 10.1. The number of aliphatic carboxylic acids is 1. The maximum Gasteiger partial charge on any atom is 0.382 e. The van der Waals surface area contributed by atoms with E-state index in [0.29, 0.717) is 5.75 Å². The van der Waals surface area contributed by atoms with E-state index in [1.54, 1.807) is 19.1 Å². The van der Waals surface area contributed by atoms with Gasteiger partial charge in [-0.25, -0.2) is 4.79 Å². The van der Waals surface area contributed by atoms with Crippen molar-refractivity contribution in [3.63, 3.8) is 0 Å². The van der Waals surface area contributed by atoms with Crippen molar-refractivity contribution in [2.75, 3.05) is 0 Å². The number of para-hydroxylation sites is 1. The van der Waals surface area contributed by atoms with E-state index in [-0.39, 0.29) is 0 Å². The average molecular weight is 190 g/mol. The van der Waals surface area contributed by atoms with Gasteiger partial charge in [-0.1, -0.05) is 18.2 Å². The SMILES string of the molecule is CC(C#CC(=O)O)Oc1ccccc1. The van der Waals surface area contributed by atoms with E-state index in [1.807, 2.05) is 24.1 Å². The predicted octanol–water partition coefficient (Wildman–Crippen LogP) is 1.54. The topological polar surface area (TPSA) is 46.5 Å². The van der Waals surface area contributed by atoms with Gasteiger partial charge in [0.1, 0.15) is 5.75 Å². The third kappa shape index (κ3) is 3.63. The lowest BCUT2D eigenvalue weighted by Gasteiger charge is -2.07. The highest BCUT2D eigenvalue weighted by Crippen LogP contribution is 2.09. The standard InChI is InChI=1S/C11H10O3/c1-9(7-8-11(12)13)14-10-5-3-2-4-6-10/h2-6,9H,1H3,(H,12,13). The minimum atomic E-state index is -1.14. The molecule has 1 aromatic rings. The van der Waals surface area contributed by atoms with Crippen LogP contribution in [0.3, 0.4) is 0 Å². The van der Waals surface area contributed by atoms with Gasteiger partial charge in [0.25, 0.3) is 0 Å². The Bertz CT molecular complexity index is 359. The summed E-state index contributed by atoms with van der Waals surface area (Å²) < 4.78 is 5.33. The van der Waals surface area contributed by atoms with E-state index in [2.05, 4.69) is 5.92 Å². The maximum absolute atomic E-state index is 10.1. The Morgan fingerprint density at radius 1 is 1.43 bits per heavy atom. The van der Waals surface area contributed by atoms with Crippen molar-refractivity contribution in [2.24, 2.45) is 0 Å². The highest BCUT2D eigenvalue weighted by atomic mass is 16.5. The van der Waals surface area contributed by atoms with Crippen LogP contribution in [0.1, 0.15) is 6.92 Å². The van der Waals surface area contributed by atoms with Crippen molar-refractivity contribution < 1.29 is 14.6 Å². The molecule has 0 heterocycles. The molecule has 72 valence electrons. The summed E-state index contributed by atoms with van der Waals surface area (Å²) in [5.41, 5.74) is 0. The fourth-order valence-electron chi connectivity index (χ4n) is 0.896. The van der Waals surface area contributed by atoms with Crippen molar-refractivity contribution in [3.05, 3.63) is 30.3 Å². The summed E-state index contributed by atoms with van der Waals surface area (Å²) in [6, 6.07) is 9.14. The Labute approximate surface area is 82.3 Å². The van der Waals surface area contributed by atoms with Crippen molar-refractivity contribution in [3.8, 4) is 17.6 Å². The van der Waals surface area contributed by atoms with Crippen LogP contribution in [-0.2, 0) is 4.79 Å². The average Bonchev–Trinajstić information content (AvgIpc) is 2.16. The number of ether oxygens (including phenoxy) is 1. The van der Waals surface area contributed by atoms with Crippen LogP contribution in [0.15, 0.2) is 30.3 Å². The molecule has 0 spiro atoms. The van der Waals surface area contributed by atoms with Gasteiger partial charge in [0.2, 0.25) is 0 Å². The monoisotopic (exact) mass is 190 g/mol. The van der Waals surface area contributed by atoms with Gasteiger partial charge in [0.05, 0.1) is 0 Å². The van der Waals surface area contributed by atoms with E-state index >= 15 is 0 Å². The Kier molecular flexibility index (Phi) is 3.57. The summed E-state index contributed by atoms with van der Waals surface area (Å²) in [5, 5.41) is 8.30. The minimum Gasteiger partial charge on any atom is -0.478 e. The Morgan fingerprint density at radius 2 is 2.07 bits per heavy atom. The lowest BCUT2D eigenvalue weighted by atomic mass is 10.3. The smallest absolute Gasteiger partial charge is 0.382 e. The number of benzene rings is 1. The molecular formula is C11H10O3. The largest absolute Gasteiger partial charge is 0.478 e. The molecule has 1 aromatic carbocycles. The highest BCUT2D eigenvalue weighted by molar-refractivity contribution is 5.86. The molecule has 0 saturated heterocycles. The third-order valence-electron chi connectivity index (χ3n) is 1.44. The normalized spacial score (nSPS) is 10.9. The first-order valence-corrected chi connectivity index (χ1v) is 4.14. The molecule has 0 amide bonds. The Balaban J connectivity index is 2.55. The molecule has 0 aliphatic rings. The molecule has 1 atom stereocenters. The molecule has 1 rings (SSSR count). The van der Waals surface area contributed by atoms with Crippen LogP contribution in [0.4, 0.5) is 0 Å². The minimum absolute atomic E-state index is 0.423. The molecular weight excluding hydrogens is 180 g/mol. The molecule has 0 saturated carbocycles. The summed E-state index contributed by atoms with van der Waals surface area (Å²) in [6.45, 7) is 1.70. The number of rotatable bonds is 2. The molecule has 3 heteroatoms. The number of carbonyl (C=O) groups is 1. The van der Waals surface area contributed by atoms with Gasteiger partial charge in [-0.15, -0.1) is 0 Å². The Morgan fingerprint density at radius 3 is 2.64 bits per heavy atom. The highest BCUT2D eigenvalue weighted by Gasteiger charge is 1.98. The number of carboxylic acids is 1. The molecule has 3 nitrogen and oxygen atoms in total. The van der Waals surface area contributed by atoms with Crippen molar-refractivity contribution in [1.82, 2.24) is 0 Å². The zero-order valence-corrected chi connectivity index (χ0v) is 7.73. The quantitative estimate of drug-likeness (QED) is 0.719. The van der Waals surface area contributed by atoms with Gasteiger partial charge >= 0.3 is 5.97 Å². The molecule has 0 fully saturated rings. The van der Waals surface area contributed by atoms with Crippen LogP contribution in [-0.4, -0.2) is 17.2 Å². The van der Waals surface area contributed by atoms with E-state index < -0.39 is 12.1 Å². The second-order valence-electron chi connectivity index (χ2n) is 2.65. The lowest BCUT2D eigenvalue weighted by molar-refractivity contribution is -0.130. The van der Waals surface area contributed by atoms with Crippen LogP contribution in [0.5, 0.6) is 5.75 Å². The molecule has 0 radical (unpaired) electrons. The van der Waals surface area contributed by atoms with Crippen LogP contribution >= 0.6 is 0 Å². The van der Waals surface area contributed by atoms with E-state index in [1.165, 1.54) is 0 Å². The molecule has 0 bridgehead atoms. The fraction of sp³-hybridized carbons (Fsp3) is 0.182. The molecule has 0 aromatic heterocycles. The fourth-order valence-corrected chi connectivity index (χ4v) is 0.896. The second kappa shape index (κ2) is 4.93. The molecule has 0 aliphatic carbocycles. The molecule has 1 N–H and O–H groups in total. The molecule has 14 heavy (non-hydrogen) atoms. The second-order valence-corrected chi connectivity index (χ2v) is 2.65. The van der Waals surface area contributed by atoms with Crippen molar-refractivity contribution in [2.45, 2.75) is 13.0 Å². The van der Waals surface area contributed by atoms with Crippen LogP contribution < -0.4 is 4.74 Å². The Hall–Kier alpha value is -1.95. The van der Waals surface area contributed by atoms with Crippen LogP contribution in [0.2, 0.25) is 0 Å². The summed E-state index contributed by atoms with van der Waals surface area (Å²) in [6.07, 6.45) is -0.423. The summed E-state index contributed by atoms with van der Waals surface area (Å²) in [7, 11) is 0. The maximum atomic E-state index is 10.1. The van der Waals surface area contributed by atoms with Crippen LogP contribution in [0, 0.1) is 11.8 Å². The van der Waals surface area contributed by atoms with Crippen molar-refractivity contribution in [1.29, 1.82) is 0 Å². The zero-order valence-electron chi connectivity index (χ0n) is 7.73. The molecule has 0 aliphatic heterocycles. The lowest BCUT2D eigenvalue weighted by Crippen LogP contribution is -2.09. The first-order valence-electron chi connectivity index (χ1n) is 4.14. The van der Waals surface area contributed by atoms with Crippen molar-refractivity contribution >= 4 is 5.97 Å². The zero-order chi connectivity index (χ0) is 10.4.